The van der Waals surface area contributed by atoms with Crippen molar-refractivity contribution < 1.29 is 9.90 Å². The zero-order chi connectivity index (χ0) is 13.7. The molecule has 0 radical (unpaired) electrons. The molecule has 1 heterocycles. The standard InChI is InChI=1S/C12H13ClN4O2/c13-9-1-3-10(4-2-9)15-12(19)16-11-7-14-17(8-11)5-6-18/h1-4,7-8,18H,5-6H2,(H2,15,16,19). The summed E-state index contributed by atoms with van der Waals surface area (Å²) in [5.41, 5.74) is 1.20. The highest BCUT2D eigenvalue weighted by Gasteiger charge is 2.04. The van der Waals surface area contributed by atoms with Crippen molar-refractivity contribution in [3.8, 4) is 0 Å². The molecule has 0 saturated heterocycles. The Balaban J connectivity index is 1.91. The Labute approximate surface area is 115 Å². The summed E-state index contributed by atoms with van der Waals surface area (Å²) in [6.45, 7) is 0.387. The van der Waals surface area contributed by atoms with Crippen LogP contribution in [0.3, 0.4) is 0 Å². The number of carbonyl (C=O) groups excluding carboxylic acids is 1. The smallest absolute Gasteiger partial charge is 0.323 e. The Kier molecular flexibility index (Phi) is 4.38. The van der Waals surface area contributed by atoms with E-state index in [1.165, 1.54) is 10.9 Å². The summed E-state index contributed by atoms with van der Waals surface area (Å²) in [6.07, 6.45) is 3.15. The topological polar surface area (TPSA) is 79.2 Å². The lowest BCUT2D eigenvalue weighted by Gasteiger charge is -2.05. The number of aliphatic hydroxyl groups excluding tert-OH is 1. The van der Waals surface area contributed by atoms with Gasteiger partial charge in [0.2, 0.25) is 0 Å². The van der Waals surface area contributed by atoms with Crippen LogP contribution >= 0.6 is 11.6 Å². The first-order chi connectivity index (χ1) is 9.17. The lowest BCUT2D eigenvalue weighted by atomic mass is 10.3. The molecule has 1 aromatic heterocycles. The molecule has 0 spiro atoms. The van der Waals surface area contributed by atoms with E-state index in [9.17, 15) is 4.79 Å². The van der Waals surface area contributed by atoms with Gasteiger partial charge < -0.3 is 15.7 Å². The Morgan fingerprint density at radius 1 is 1.26 bits per heavy atom. The van der Waals surface area contributed by atoms with Gasteiger partial charge in [0.05, 0.1) is 25.0 Å². The minimum Gasteiger partial charge on any atom is -0.394 e. The summed E-state index contributed by atoms with van der Waals surface area (Å²) < 4.78 is 1.54. The number of amides is 2. The van der Waals surface area contributed by atoms with Crippen LogP contribution in [0, 0.1) is 0 Å². The molecule has 0 unspecified atom stereocenters. The van der Waals surface area contributed by atoms with Crippen molar-refractivity contribution in [2.24, 2.45) is 0 Å². The second kappa shape index (κ2) is 6.21. The van der Waals surface area contributed by atoms with E-state index >= 15 is 0 Å². The van der Waals surface area contributed by atoms with E-state index in [0.717, 1.165) is 0 Å². The number of urea groups is 1. The molecule has 100 valence electrons. The van der Waals surface area contributed by atoms with Crippen molar-refractivity contribution in [2.45, 2.75) is 6.54 Å². The molecule has 0 atom stereocenters. The van der Waals surface area contributed by atoms with Crippen molar-refractivity contribution in [3.05, 3.63) is 41.7 Å². The normalized spacial score (nSPS) is 10.2. The summed E-state index contributed by atoms with van der Waals surface area (Å²) in [7, 11) is 0. The average Bonchev–Trinajstić information content (AvgIpc) is 2.80. The van der Waals surface area contributed by atoms with E-state index in [4.69, 9.17) is 16.7 Å². The Morgan fingerprint density at radius 3 is 2.63 bits per heavy atom. The van der Waals surface area contributed by atoms with Gasteiger partial charge in [0.1, 0.15) is 0 Å². The van der Waals surface area contributed by atoms with Crippen molar-refractivity contribution in [1.29, 1.82) is 0 Å². The number of hydrogen-bond acceptors (Lipinski definition) is 3. The number of anilines is 2. The molecule has 6 nitrogen and oxygen atoms in total. The van der Waals surface area contributed by atoms with E-state index in [1.807, 2.05) is 0 Å². The third-order valence-electron chi connectivity index (χ3n) is 2.32. The number of hydrogen-bond donors (Lipinski definition) is 3. The van der Waals surface area contributed by atoms with Gasteiger partial charge in [-0.15, -0.1) is 0 Å². The molecule has 3 N–H and O–H groups in total. The first-order valence-electron chi connectivity index (χ1n) is 5.64. The predicted octanol–water partition coefficient (Wildman–Crippen LogP) is 2.17. The number of aliphatic hydroxyl groups is 1. The van der Waals surface area contributed by atoms with Gasteiger partial charge in [-0.1, -0.05) is 11.6 Å². The molecule has 2 rings (SSSR count). The van der Waals surface area contributed by atoms with Crippen LogP contribution in [0.4, 0.5) is 16.2 Å². The van der Waals surface area contributed by atoms with E-state index in [2.05, 4.69) is 15.7 Å². The monoisotopic (exact) mass is 280 g/mol. The van der Waals surface area contributed by atoms with Crippen molar-refractivity contribution in [3.63, 3.8) is 0 Å². The second-order valence-electron chi connectivity index (χ2n) is 3.80. The fraction of sp³-hybridized carbons (Fsp3) is 0.167. The van der Waals surface area contributed by atoms with E-state index in [-0.39, 0.29) is 12.6 Å². The molecule has 0 aliphatic rings. The highest BCUT2D eigenvalue weighted by atomic mass is 35.5. The molecule has 0 saturated carbocycles. The van der Waals surface area contributed by atoms with Crippen molar-refractivity contribution >= 4 is 29.0 Å². The van der Waals surface area contributed by atoms with E-state index in [0.29, 0.717) is 22.9 Å². The summed E-state index contributed by atoms with van der Waals surface area (Å²) in [6, 6.07) is 6.42. The van der Waals surface area contributed by atoms with Gasteiger partial charge in [0.15, 0.2) is 0 Å². The maximum atomic E-state index is 11.7. The minimum atomic E-state index is -0.370. The van der Waals surface area contributed by atoms with Gasteiger partial charge in [-0.05, 0) is 24.3 Å². The zero-order valence-corrected chi connectivity index (χ0v) is 10.8. The van der Waals surface area contributed by atoms with Gasteiger partial charge in [0, 0.05) is 16.9 Å². The molecule has 1 aromatic carbocycles. The van der Waals surface area contributed by atoms with Crippen LogP contribution in [0.15, 0.2) is 36.7 Å². The number of rotatable bonds is 4. The zero-order valence-electron chi connectivity index (χ0n) is 10.0. The molecule has 0 aliphatic carbocycles. The molecular formula is C12H13ClN4O2. The number of carbonyl (C=O) groups is 1. The van der Waals surface area contributed by atoms with Gasteiger partial charge in [-0.25, -0.2) is 4.79 Å². The molecule has 19 heavy (non-hydrogen) atoms. The van der Waals surface area contributed by atoms with Gasteiger partial charge in [-0.2, -0.15) is 5.10 Å². The number of benzene rings is 1. The summed E-state index contributed by atoms with van der Waals surface area (Å²) in [5.74, 6) is 0. The lowest BCUT2D eigenvalue weighted by molar-refractivity contribution is 0.262. The molecule has 2 aromatic rings. The van der Waals surface area contributed by atoms with Crippen LogP contribution in [-0.2, 0) is 6.54 Å². The number of nitrogens with one attached hydrogen (secondary N) is 2. The second-order valence-corrected chi connectivity index (χ2v) is 4.24. The Morgan fingerprint density at radius 2 is 1.95 bits per heavy atom. The maximum Gasteiger partial charge on any atom is 0.323 e. The molecule has 2 amide bonds. The van der Waals surface area contributed by atoms with E-state index < -0.39 is 0 Å². The number of nitrogens with zero attached hydrogens (tertiary/aromatic N) is 2. The molecule has 0 fully saturated rings. The minimum absolute atomic E-state index is 0.00189. The number of halogens is 1. The first-order valence-corrected chi connectivity index (χ1v) is 6.02. The predicted molar refractivity (Wildman–Crippen MR) is 73.4 cm³/mol. The summed E-state index contributed by atoms with van der Waals surface area (Å²) >= 11 is 5.75. The maximum absolute atomic E-state index is 11.7. The van der Waals surface area contributed by atoms with Crippen LogP contribution < -0.4 is 10.6 Å². The highest BCUT2D eigenvalue weighted by molar-refractivity contribution is 6.30. The molecule has 0 bridgehead atoms. The Bertz CT molecular complexity index is 553. The Hall–Kier alpha value is -2.05. The number of aromatic nitrogens is 2. The quantitative estimate of drug-likeness (QED) is 0.803. The SMILES string of the molecule is O=C(Nc1ccc(Cl)cc1)Nc1cnn(CCO)c1. The fourth-order valence-corrected chi connectivity index (χ4v) is 1.61. The molecular weight excluding hydrogens is 268 g/mol. The molecule has 0 aliphatic heterocycles. The highest BCUT2D eigenvalue weighted by Crippen LogP contribution is 2.14. The third-order valence-corrected chi connectivity index (χ3v) is 2.57. The summed E-state index contributed by atoms with van der Waals surface area (Å²) in [5, 5.41) is 18.6. The van der Waals surface area contributed by atoms with Crippen LogP contribution in [0.2, 0.25) is 5.02 Å². The lowest BCUT2D eigenvalue weighted by Crippen LogP contribution is -2.19. The van der Waals surface area contributed by atoms with Gasteiger partial charge in [0.25, 0.3) is 0 Å². The van der Waals surface area contributed by atoms with Gasteiger partial charge in [-0.3, -0.25) is 4.68 Å². The van der Waals surface area contributed by atoms with E-state index in [1.54, 1.807) is 30.5 Å². The van der Waals surface area contributed by atoms with Crippen molar-refractivity contribution in [1.82, 2.24) is 9.78 Å². The first kappa shape index (κ1) is 13.4. The van der Waals surface area contributed by atoms with Crippen LogP contribution in [0.25, 0.3) is 0 Å². The average molecular weight is 281 g/mol. The van der Waals surface area contributed by atoms with Crippen LogP contribution in [0.5, 0.6) is 0 Å². The third kappa shape index (κ3) is 3.97. The van der Waals surface area contributed by atoms with Gasteiger partial charge >= 0.3 is 6.03 Å². The fourth-order valence-electron chi connectivity index (χ4n) is 1.48. The van der Waals surface area contributed by atoms with Crippen LogP contribution in [-0.4, -0.2) is 27.5 Å². The molecule has 7 heteroatoms. The van der Waals surface area contributed by atoms with Crippen molar-refractivity contribution in [2.75, 3.05) is 17.2 Å². The summed E-state index contributed by atoms with van der Waals surface area (Å²) in [4.78, 5) is 11.7. The van der Waals surface area contributed by atoms with Crippen LogP contribution in [0.1, 0.15) is 0 Å². The largest absolute Gasteiger partial charge is 0.394 e.